The second-order valence-electron chi connectivity index (χ2n) is 6.80. The van der Waals surface area contributed by atoms with E-state index in [1.54, 1.807) is 0 Å². The van der Waals surface area contributed by atoms with Crippen molar-refractivity contribution in [1.82, 2.24) is 19.5 Å². The first-order valence-electron chi connectivity index (χ1n) is 9.53. The van der Waals surface area contributed by atoms with Crippen molar-refractivity contribution in [2.45, 2.75) is 46.2 Å². The molecule has 2 N–H and O–H groups in total. The molecule has 0 radical (unpaired) electrons. The first-order valence-corrected chi connectivity index (χ1v) is 9.53. The summed E-state index contributed by atoms with van der Waals surface area (Å²) in [5, 5.41) is 12.8. The van der Waals surface area contributed by atoms with Gasteiger partial charge in [-0.05, 0) is 39.3 Å². The lowest BCUT2D eigenvalue weighted by Crippen LogP contribution is -2.25. The van der Waals surface area contributed by atoms with Crippen molar-refractivity contribution in [3.8, 4) is 0 Å². The zero-order chi connectivity index (χ0) is 19.4. The number of para-hydroxylation sites is 1. The van der Waals surface area contributed by atoms with Crippen LogP contribution in [0.3, 0.4) is 0 Å². The summed E-state index contributed by atoms with van der Waals surface area (Å²) < 4.78 is 2.05. The van der Waals surface area contributed by atoms with Crippen LogP contribution < -0.4 is 10.2 Å². The van der Waals surface area contributed by atoms with Gasteiger partial charge in [-0.1, -0.05) is 25.1 Å². The molecule has 0 saturated carbocycles. The lowest BCUT2D eigenvalue weighted by molar-refractivity contribution is 0.271. The topological polar surface area (TPSA) is 79.1 Å². The number of hydrogen-bond acceptors (Lipinski definition) is 6. The molecule has 2 heterocycles. The van der Waals surface area contributed by atoms with Gasteiger partial charge in [0.05, 0.1) is 19.0 Å². The number of nitrogens with zero attached hydrogens (tertiary/aromatic N) is 5. The van der Waals surface area contributed by atoms with E-state index in [1.165, 1.54) is 0 Å². The SMILES string of the molecule is CCC(CO)Nc1nc(N(CC)c2ccccc2)c2ncn(C(C)C)c2n1. The summed E-state index contributed by atoms with van der Waals surface area (Å²) in [6, 6.07) is 10.3. The molecule has 1 aromatic carbocycles. The lowest BCUT2D eigenvalue weighted by atomic mass is 10.2. The molecule has 1 atom stereocenters. The predicted molar refractivity (Wildman–Crippen MR) is 110 cm³/mol. The molecule has 0 amide bonds. The maximum absolute atomic E-state index is 9.56. The van der Waals surface area contributed by atoms with Crippen LogP contribution in [-0.4, -0.2) is 43.8 Å². The molecule has 144 valence electrons. The number of aliphatic hydroxyl groups excluding tert-OH is 1. The fraction of sp³-hybridized carbons (Fsp3) is 0.450. The van der Waals surface area contributed by atoms with Crippen molar-refractivity contribution >= 4 is 28.6 Å². The van der Waals surface area contributed by atoms with E-state index in [9.17, 15) is 5.11 Å². The Morgan fingerprint density at radius 1 is 1.15 bits per heavy atom. The molecule has 0 aliphatic rings. The first kappa shape index (κ1) is 19.1. The summed E-state index contributed by atoms with van der Waals surface area (Å²) in [5.74, 6) is 1.28. The number of aliphatic hydroxyl groups is 1. The molecule has 0 aliphatic heterocycles. The van der Waals surface area contributed by atoms with E-state index < -0.39 is 0 Å². The fourth-order valence-corrected chi connectivity index (χ4v) is 3.05. The van der Waals surface area contributed by atoms with E-state index in [0.29, 0.717) is 5.95 Å². The predicted octanol–water partition coefficient (Wildman–Crippen LogP) is 3.75. The van der Waals surface area contributed by atoms with Crippen LogP contribution in [-0.2, 0) is 0 Å². The van der Waals surface area contributed by atoms with Gasteiger partial charge in [0.2, 0.25) is 5.95 Å². The Labute approximate surface area is 160 Å². The second-order valence-corrected chi connectivity index (χ2v) is 6.80. The molecule has 0 spiro atoms. The number of benzene rings is 1. The van der Waals surface area contributed by atoms with Crippen molar-refractivity contribution in [3.05, 3.63) is 36.7 Å². The highest BCUT2D eigenvalue weighted by molar-refractivity contribution is 5.87. The molecule has 3 rings (SSSR count). The highest BCUT2D eigenvalue weighted by Gasteiger charge is 2.20. The molecule has 0 saturated heterocycles. The van der Waals surface area contributed by atoms with E-state index >= 15 is 0 Å². The van der Waals surface area contributed by atoms with Crippen molar-refractivity contribution in [2.24, 2.45) is 0 Å². The molecular formula is C20H28N6O. The molecule has 1 unspecified atom stereocenters. The third kappa shape index (κ3) is 3.88. The van der Waals surface area contributed by atoms with Gasteiger partial charge in [-0.3, -0.25) is 0 Å². The van der Waals surface area contributed by atoms with Gasteiger partial charge in [0.1, 0.15) is 0 Å². The zero-order valence-electron chi connectivity index (χ0n) is 16.4. The van der Waals surface area contributed by atoms with Crippen LogP contribution in [0.2, 0.25) is 0 Å². The van der Waals surface area contributed by atoms with Gasteiger partial charge in [-0.25, -0.2) is 4.98 Å². The molecule has 3 aromatic rings. The maximum atomic E-state index is 9.56. The van der Waals surface area contributed by atoms with Gasteiger partial charge < -0.3 is 19.9 Å². The van der Waals surface area contributed by atoms with Gasteiger partial charge in [-0.15, -0.1) is 0 Å². The molecule has 0 fully saturated rings. The number of aromatic nitrogens is 4. The van der Waals surface area contributed by atoms with Crippen LogP contribution in [0.15, 0.2) is 36.7 Å². The molecule has 2 aromatic heterocycles. The molecular weight excluding hydrogens is 340 g/mol. The van der Waals surface area contributed by atoms with Gasteiger partial charge in [0.25, 0.3) is 0 Å². The summed E-state index contributed by atoms with van der Waals surface area (Å²) in [7, 11) is 0. The van der Waals surface area contributed by atoms with Crippen LogP contribution >= 0.6 is 0 Å². The van der Waals surface area contributed by atoms with Crippen molar-refractivity contribution in [2.75, 3.05) is 23.4 Å². The minimum atomic E-state index is -0.0856. The van der Waals surface area contributed by atoms with E-state index in [-0.39, 0.29) is 18.7 Å². The zero-order valence-corrected chi connectivity index (χ0v) is 16.4. The normalized spacial score (nSPS) is 12.5. The van der Waals surface area contributed by atoms with Crippen molar-refractivity contribution in [1.29, 1.82) is 0 Å². The molecule has 7 heteroatoms. The number of nitrogens with one attached hydrogen (secondary N) is 1. The monoisotopic (exact) mass is 368 g/mol. The Hall–Kier alpha value is -2.67. The third-order valence-electron chi connectivity index (χ3n) is 4.65. The minimum absolute atomic E-state index is 0.0346. The number of hydrogen-bond donors (Lipinski definition) is 2. The minimum Gasteiger partial charge on any atom is -0.394 e. The highest BCUT2D eigenvalue weighted by atomic mass is 16.3. The van der Waals surface area contributed by atoms with Crippen LogP contribution in [0.25, 0.3) is 11.2 Å². The summed E-state index contributed by atoms with van der Waals surface area (Å²) in [6.07, 6.45) is 2.60. The van der Waals surface area contributed by atoms with Crippen molar-refractivity contribution < 1.29 is 5.11 Å². The van der Waals surface area contributed by atoms with E-state index in [0.717, 1.165) is 35.6 Å². The molecule has 7 nitrogen and oxygen atoms in total. The third-order valence-corrected chi connectivity index (χ3v) is 4.65. The van der Waals surface area contributed by atoms with Crippen LogP contribution in [0, 0.1) is 0 Å². The van der Waals surface area contributed by atoms with Gasteiger partial charge in [-0.2, -0.15) is 9.97 Å². The Bertz CT molecular complexity index is 873. The Kier molecular flexibility index (Phi) is 5.91. The second kappa shape index (κ2) is 8.35. The number of imidazole rings is 1. The summed E-state index contributed by atoms with van der Waals surface area (Å²) in [4.78, 5) is 16.2. The highest BCUT2D eigenvalue weighted by Crippen LogP contribution is 2.31. The average Bonchev–Trinajstić information content (AvgIpc) is 3.12. The van der Waals surface area contributed by atoms with E-state index in [2.05, 4.69) is 48.1 Å². The van der Waals surface area contributed by atoms with Crippen LogP contribution in [0.4, 0.5) is 17.5 Å². The first-order chi connectivity index (χ1) is 13.1. The Morgan fingerprint density at radius 3 is 2.48 bits per heavy atom. The maximum Gasteiger partial charge on any atom is 0.227 e. The van der Waals surface area contributed by atoms with Crippen LogP contribution in [0.5, 0.6) is 0 Å². The summed E-state index contributed by atoms with van der Waals surface area (Å²) in [6.45, 7) is 9.11. The van der Waals surface area contributed by atoms with Crippen LogP contribution in [0.1, 0.15) is 40.2 Å². The lowest BCUT2D eigenvalue weighted by Gasteiger charge is -2.23. The summed E-state index contributed by atoms with van der Waals surface area (Å²) in [5.41, 5.74) is 2.62. The smallest absolute Gasteiger partial charge is 0.227 e. The van der Waals surface area contributed by atoms with Gasteiger partial charge in [0, 0.05) is 18.3 Å². The average molecular weight is 368 g/mol. The molecule has 0 bridgehead atoms. The largest absolute Gasteiger partial charge is 0.394 e. The van der Waals surface area contributed by atoms with Gasteiger partial charge in [0.15, 0.2) is 17.0 Å². The van der Waals surface area contributed by atoms with E-state index in [1.807, 2.05) is 36.0 Å². The van der Waals surface area contributed by atoms with E-state index in [4.69, 9.17) is 9.97 Å². The fourth-order valence-electron chi connectivity index (χ4n) is 3.05. The standard InChI is InChI=1S/C20H28N6O/c1-5-15(12-27)22-20-23-18(25(6-2)16-10-8-7-9-11-16)17-19(24-20)26(13-21-17)14(3)4/h7-11,13-15,27H,5-6,12H2,1-4H3,(H,22,23,24). The summed E-state index contributed by atoms with van der Waals surface area (Å²) >= 11 is 0. The number of rotatable bonds is 8. The number of fused-ring (bicyclic) bond motifs is 1. The number of anilines is 3. The molecule has 27 heavy (non-hydrogen) atoms. The Balaban J connectivity index is 2.17. The van der Waals surface area contributed by atoms with Crippen molar-refractivity contribution in [3.63, 3.8) is 0 Å². The quantitative estimate of drug-likeness (QED) is 0.630. The Morgan fingerprint density at radius 2 is 1.89 bits per heavy atom. The molecule has 0 aliphatic carbocycles. The van der Waals surface area contributed by atoms with Gasteiger partial charge >= 0.3 is 0 Å².